The summed E-state index contributed by atoms with van der Waals surface area (Å²) in [6.07, 6.45) is 2.44. The van der Waals surface area contributed by atoms with E-state index in [-0.39, 0.29) is 0 Å². The highest BCUT2D eigenvalue weighted by Crippen LogP contribution is 2.24. The summed E-state index contributed by atoms with van der Waals surface area (Å²) in [4.78, 5) is 12.0. The summed E-state index contributed by atoms with van der Waals surface area (Å²) < 4.78 is 0. The Kier molecular flexibility index (Phi) is 3.17. The minimum atomic E-state index is 0.560. The first-order valence-corrected chi connectivity index (χ1v) is 6.63. The smallest absolute Gasteiger partial charge is 0.177 e. The maximum absolute atomic E-state index is 6.01. The molecule has 0 aliphatic rings. The minimum absolute atomic E-state index is 0.560. The van der Waals surface area contributed by atoms with Crippen LogP contribution in [0.15, 0.2) is 30.5 Å². The summed E-state index contributed by atoms with van der Waals surface area (Å²) in [7, 11) is 0. The molecule has 2 heterocycles. The average molecular weight is 292 g/mol. The van der Waals surface area contributed by atoms with E-state index >= 15 is 0 Å². The lowest BCUT2D eigenvalue weighted by molar-refractivity contribution is 1.03. The van der Waals surface area contributed by atoms with Gasteiger partial charge in [0.25, 0.3) is 0 Å². The van der Waals surface area contributed by atoms with Gasteiger partial charge in [0, 0.05) is 12.6 Å². The Balaban J connectivity index is 1.96. The maximum Gasteiger partial charge on any atom is 0.177 e. The van der Waals surface area contributed by atoms with Crippen LogP contribution in [0.5, 0.6) is 0 Å². The van der Waals surface area contributed by atoms with Gasteiger partial charge in [-0.05, 0) is 36.2 Å². The Hall–Kier alpha value is -1.58. The number of imidazole rings is 1. The van der Waals surface area contributed by atoms with Gasteiger partial charge in [-0.15, -0.1) is 0 Å². The molecule has 3 aromatic rings. The average Bonchev–Trinajstić information content (AvgIpc) is 2.78. The highest BCUT2D eigenvalue weighted by Gasteiger charge is 2.07. The van der Waals surface area contributed by atoms with E-state index in [1.54, 1.807) is 12.3 Å². The number of benzene rings is 1. The van der Waals surface area contributed by atoms with Crippen LogP contribution in [0.1, 0.15) is 17.0 Å². The number of nitrogens with one attached hydrogen (secondary N) is 1. The van der Waals surface area contributed by atoms with Crippen molar-refractivity contribution in [2.45, 2.75) is 13.3 Å². The van der Waals surface area contributed by atoms with Gasteiger partial charge in [0.1, 0.15) is 5.82 Å². The summed E-state index contributed by atoms with van der Waals surface area (Å²) in [5, 5.41) is 1.12. The van der Waals surface area contributed by atoms with Gasteiger partial charge in [-0.1, -0.05) is 29.3 Å². The number of fused-ring (bicyclic) bond motifs is 1. The molecule has 0 bridgehead atoms. The summed E-state index contributed by atoms with van der Waals surface area (Å²) >= 11 is 11.9. The third-order valence-corrected chi connectivity index (χ3v) is 3.74. The van der Waals surface area contributed by atoms with Crippen molar-refractivity contribution in [1.82, 2.24) is 15.0 Å². The Morgan fingerprint density at radius 3 is 2.74 bits per heavy atom. The van der Waals surface area contributed by atoms with Gasteiger partial charge >= 0.3 is 0 Å². The molecule has 2 aromatic heterocycles. The molecule has 0 aliphatic carbocycles. The molecule has 3 nitrogen and oxygen atoms in total. The quantitative estimate of drug-likeness (QED) is 0.770. The van der Waals surface area contributed by atoms with Gasteiger partial charge < -0.3 is 4.98 Å². The first-order valence-electron chi connectivity index (χ1n) is 5.87. The van der Waals surface area contributed by atoms with Crippen molar-refractivity contribution in [3.05, 3.63) is 57.5 Å². The van der Waals surface area contributed by atoms with Crippen molar-refractivity contribution >= 4 is 34.4 Å². The number of pyridine rings is 1. The summed E-state index contributed by atoms with van der Waals surface area (Å²) in [6.45, 7) is 2.03. The molecule has 1 aromatic carbocycles. The second kappa shape index (κ2) is 4.83. The highest BCUT2D eigenvalue weighted by atomic mass is 35.5. The lowest BCUT2D eigenvalue weighted by atomic mass is 10.1. The Labute approximate surface area is 120 Å². The van der Waals surface area contributed by atoms with Gasteiger partial charge in [-0.3, -0.25) is 0 Å². The van der Waals surface area contributed by atoms with Crippen molar-refractivity contribution in [2.75, 3.05) is 0 Å². The van der Waals surface area contributed by atoms with Crippen LogP contribution in [0.25, 0.3) is 11.2 Å². The van der Waals surface area contributed by atoms with Crippen molar-refractivity contribution < 1.29 is 0 Å². The normalized spacial score (nSPS) is 11.1. The number of hydrogen-bond donors (Lipinski definition) is 1. The number of H-pyrrole nitrogens is 1. The van der Waals surface area contributed by atoms with E-state index in [4.69, 9.17) is 23.2 Å². The number of rotatable bonds is 2. The predicted molar refractivity (Wildman–Crippen MR) is 77.9 cm³/mol. The van der Waals surface area contributed by atoms with Crippen molar-refractivity contribution in [1.29, 1.82) is 0 Å². The maximum atomic E-state index is 6.01. The zero-order valence-electron chi connectivity index (χ0n) is 10.2. The van der Waals surface area contributed by atoms with E-state index < -0.39 is 0 Å². The van der Waals surface area contributed by atoms with Crippen LogP contribution >= 0.6 is 23.2 Å². The van der Waals surface area contributed by atoms with E-state index in [2.05, 4.69) is 15.0 Å². The molecule has 0 spiro atoms. The molecule has 1 N–H and O–H groups in total. The standard InChI is InChI=1S/C14H11Cl2N3/c1-8-4-5-17-14-13(8)18-12(19-14)7-9-2-3-10(15)11(16)6-9/h2-6H,7H2,1H3,(H,17,18,19). The largest absolute Gasteiger partial charge is 0.340 e. The fourth-order valence-corrected chi connectivity index (χ4v) is 2.33. The topological polar surface area (TPSA) is 41.6 Å². The van der Waals surface area contributed by atoms with Gasteiger partial charge in [0.15, 0.2) is 5.65 Å². The molecule has 0 unspecified atom stereocenters. The first kappa shape index (κ1) is 12.5. The lowest BCUT2D eigenvalue weighted by Gasteiger charge is -2.00. The molecule has 0 saturated carbocycles. The van der Waals surface area contributed by atoms with Crippen LogP contribution in [-0.2, 0) is 6.42 Å². The Morgan fingerprint density at radius 2 is 2.00 bits per heavy atom. The molecular formula is C14H11Cl2N3. The van der Waals surface area contributed by atoms with E-state index in [9.17, 15) is 0 Å². The van der Waals surface area contributed by atoms with Gasteiger partial charge in [-0.2, -0.15) is 0 Å². The predicted octanol–water partition coefficient (Wildman–Crippen LogP) is 4.16. The number of aromatic amines is 1. The van der Waals surface area contributed by atoms with E-state index in [1.165, 1.54) is 0 Å². The number of aromatic nitrogens is 3. The molecule has 96 valence electrons. The Bertz CT molecular complexity index is 750. The third kappa shape index (κ3) is 2.44. The Morgan fingerprint density at radius 1 is 1.16 bits per heavy atom. The number of hydrogen-bond acceptors (Lipinski definition) is 2. The fraction of sp³-hybridized carbons (Fsp3) is 0.143. The summed E-state index contributed by atoms with van der Waals surface area (Å²) in [5.41, 5.74) is 3.93. The lowest BCUT2D eigenvalue weighted by Crippen LogP contribution is -1.90. The molecule has 0 aliphatic heterocycles. The SMILES string of the molecule is Cc1ccnc2nc(Cc3ccc(Cl)c(Cl)c3)[nH]c12. The number of halogens is 2. The molecule has 0 saturated heterocycles. The van der Waals surface area contributed by atoms with E-state index in [0.717, 1.165) is 28.1 Å². The number of nitrogens with zero attached hydrogens (tertiary/aromatic N) is 2. The van der Waals surface area contributed by atoms with Crippen LogP contribution < -0.4 is 0 Å². The zero-order valence-corrected chi connectivity index (χ0v) is 11.8. The van der Waals surface area contributed by atoms with E-state index in [1.807, 2.05) is 25.1 Å². The van der Waals surface area contributed by atoms with Crippen molar-refractivity contribution in [3.8, 4) is 0 Å². The van der Waals surface area contributed by atoms with Gasteiger partial charge in [0.2, 0.25) is 0 Å². The van der Waals surface area contributed by atoms with Crippen LogP contribution in [0.3, 0.4) is 0 Å². The van der Waals surface area contributed by atoms with Crippen LogP contribution in [0, 0.1) is 6.92 Å². The molecule has 5 heteroatoms. The van der Waals surface area contributed by atoms with Crippen LogP contribution in [0.2, 0.25) is 10.0 Å². The second-order valence-corrected chi connectivity index (χ2v) is 5.25. The highest BCUT2D eigenvalue weighted by molar-refractivity contribution is 6.42. The molecule has 3 rings (SSSR count). The summed E-state index contributed by atoms with van der Waals surface area (Å²) in [6, 6.07) is 7.56. The molecular weight excluding hydrogens is 281 g/mol. The second-order valence-electron chi connectivity index (χ2n) is 4.44. The van der Waals surface area contributed by atoms with Crippen molar-refractivity contribution in [2.24, 2.45) is 0 Å². The molecule has 0 radical (unpaired) electrons. The molecule has 0 fully saturated rings. The van der Waals surface area contributed by atoms with Crippen LogP contribution in [0.4, 0.5) is 0 Å². The zero-order chi connectivity index (χ0) is 13.4. The summed E-state index contributed by atoms with van der Waals surface area (Å²) in [5.74, 6) is 0.871. The first-order chi connectivity index (χ1) is 9.13. The molecule has 0 amide bonds. The molecule has 0 atom stereocenters. The van der Waals surface area contributed by atoms with E-state index in [0.29, 0.717) is 16.5 Å². The van der Waals surface area contributed by atoms with Gasteiger partial charge in [-0.25, -0.2) is 9.97 Å². The fourth-order valence-electron chi connectivity index (χ4n) is 2.01. The van der Waals surface area contributed by atoms with Crippen molar-refractivity contribution in [3.63, 3.8) is 0 Å². The van der Waals surface area contributed by atoms with Crippen LogP contribution in [-0.4, -0.2) is 15.0 Å². The minimum Gasteiger partial charge on any atom is -0.340 e. The third-order valence-electron chi connectivity index (χ3n) is 3.01. The molecule has 19 heavy (non-hydrogen) atoms. The van der Waals surface area contributed by atoms with Gasteiger partial charge in [0.05, 0.1) is 15.6 Å². The monoisotopic (exact) mass is 291 g/mol. The number of aryl methyl sites for hydroxylation is 1.